The minimum absolute atomic E-state index is 0.0114. The predicted molar refractivity (Wildman–Crippen MR) is 57.7 cm³/mol. The van der Waals surface area contributed by atoms with E-state index in [0.717, 1.165) is 4.90 Å². The summed E-state index contributed by atoms with van der Waals surface area (Å²) in [4.78, 5) is 23.2. The summed E-state index contributed by atoms with van der Waals surface area (Å²) >= 11 is 0. The van der Waals surface area contributed by atoms with Crippen LogP contribution >= 0.6 is 0 Å². The average molecular weight is 237 g/mol. The SMILES string of the molecule is O=C1CCC(F)(C(=O)O)N1Cc1ccccc1. The molecule has 1 saturated heterocycles. The van der Waals surface area contributed by atoms with Gasteiger partial charge in [0.05, 0.1) is 0 Å². The molecule has 1 heterocycles. The van der Waals surface area contributed by atoms with Crippen molar-refractivity contribution in [2.24, 2.45) is 0 Å². The topological polar surface area (TPSA) is 57.6 Å². The standard InChI is InChI=1S/C12H12FNO3/c13-12(11(16)17)7-6-10(15)14(12)8-9-4-2-1-3-5-9/h1-5H,6-8H2,(H,16,17). The van der Waals surface area contributed by atoms with Gasteiger partial charge in [-0.05, 0) is 5.56 Å². The minimum Gasteiger partial charge on any atom is -0.477 e. The molecular formula is C12H12FNO3. The highest BCUT2D eigenvalue weighted by Crippen LogP contribution is 2.33. The molecule has 0 saturated carbocycles. The first kappa shape index (κ1) is 11.6. The zero-order valence-electron chi connectivity index (χ0n) is 9.10. The van der Waals surface area contributed by atoms with E-state index in [1.807, 2.05) is 0 Å². The van der Waals surface area contributed by atoms with Crippen molar-refractivity contribution in [3.63, 3.8) is 0 Å². The van der Waals surface area contributed by atoms with E-state index >= 15 is 0 Å². The van der Waals surface area contributed by atoms with Crippen LogP contribution in [0.3, 0.4) is 0 Å². The molecule has 90 valence electrons. The lowest BCUT2D eigenvalue weighted by molar-refractivity contribution is -0.167. The Bertz CT molecular complexity index is 448. The third-order valence-electron chi connectivity index (χ3n) is 2.91. The van der Waals surface area contributed by atoms with Gasteiger partial charge in [-0.15, -0.1) is 0 Å². The Morgan fingerprint density at radius 1 is 1.41 bits per heavy atom. The molecule has 4 nitrogen and oxygen atoms in total. The highest BCUT2D eigenvalue weighted by atomic mass is 19.1. The molecule has 5 heteroatoms. The van der Waals surface area contributed by atoms with Crippen LogP contribution in [0.5, 0.6) is 0 Å². The van der Waals surface area contributed by atoms with Crippen LogP contribution in [0.2, 0.25) is 0 Å². The Morgan fingerprint density at radius 3 is 2.65 bits per heavy atom. The number of carboxylic acids is 1. The van der Waals surface area contributed by atoms with Crippen LogP contribution in [-0.4, -0.2) is 27.7 Å². The van der Waals surface area contributed by atoms with Gasteiger partial charge in [-0.3, -0.25) is 9.69 Å². The van der Waals surface area contributed by atoms with E-state index in [2.05, 4.69) is 0 Å². The van der Waals surface area contributed by atoms with Gasteiger partial charge in [0.25, 0.3) is 5.79 Å². The number of halogens is 1. The minimum atomic E-state index is -2.56. The van der Waals surface area contributed by atoms with Crippen LogP contribution in [0.1, 0.15) is 18.4 Å². The lowest BCUT2D eigenvalue weighted by Crippen LogP contribution is -2.47. The zero-order valence-corrected chi connectivity index (χ0v) is 9.10. The molecule has 0 aliphatic carbocycles. The second kappa shape index (κ2) is 4.16. The van der Waals surface area contributed by atoms with Crippen molar-refractivity contribution in [1.29, 1.82) is 0 Å². The Kier molecular flexibility index (Phi) is 2.83. The van der Waals surface area contributed by atoms with Crippen molar-refractivity contribution in [3.8, 4) is 0 Å². The summed E-state index contributed by atoms with van der Waals surface area (Å²) in [7, 11) is 0. The number of nitrogens with zero attached hydrogens (tertiary/aromatic N) is 1. The molecule has 1 aliphatic heterocycles. The lowest BCUT2D eigenvalue weighted by Gasteiger charge is -2.27. The van der Waals surface area contributed by atoms with Crippen LogP contribution < -0.4 is 0 Å². The summed E-state index contributed by atoms with van der Waals surface area (Å²) in [5.41, 5.74) is 0.714. The molecule has 1 aromatic carbocycles. The fourth-order valence-electron chi connectivity index (χ4n) is 1.94. The maximum Gasteiger partial charge on any atom is 0.362 e. The molecule has 0 radical (unpaired) electrons. The Morgan fingerprint density at radius 2 is 2.06 bits per heavy atom. The summed E-state index contributed by atoms with van der Waals surface area (Å²) in [5, 5.41) is 8.87. The summed E-state index contributed by atoms with van der Waals surface area (Å²) in [6.07, 6.45) is -0.344. The van der Waals surface area contributed by atoms with Crippen LogP contribution in [0.25, 0.3) is 0 Å². The van der Waals surface area contributed by atoms with Gasteiger partial charge in [-0.2, -0.15) is 0 Å². The normalized spacial score (nSPS) is 24.1. The van der Waals surface area contributed by atoms with Crippen LogP contribution in [-0.2, 0) is 16.1 Å². The number of carboxylic acid groups (broad SMARTS) is 1. The highest BCUT2D eigenvalue weighted by Gasteiger charge is 2.52. The van der Waals surface area contributed by atoms with Gasteiger partial charge in [-0.1, -0.05) is 30.3 Å². The van der Waals surface area contributed by atoms with Crippen molar-refractivity contribution < 1.29 is 19.1 Å². The molecule has 1 fully saturated rings. The van der Waals surface area contributed by atoms with Crippen molar-refractivity contribution in [2.45, 2.75) is 25.2 Å². The van der Waals surface area contributed by atoms with Crippen molar-refractivity contribution >= 4 is 11.9 Å². The smallest absolute Gasteiger partial charge is 0.362 e. The first-order chi connectivity index (χ1) is 8.04. The van der Waals surface area contributed by atoms with Gasteiger partial charge in [0.1, 0.15) is 0 Å². The lowest BCUT2D eigenvalue weighted by atomic mass is 10.1. The fraction of sp³-hybridized carbons (Fsp3) is 0.333. The Hall–Kier alpha value is -1.91. The molecular weight excluding hydrogens is 225 g/mol. The monoisotopic (exact) mass is 237 g/mol. The van der Waals surface area contributed by atoms with Gasteiger partial charge in [0, 0.05) is 19.4 Å². The fourth-order valence-corrected chi connectivity index (χ4v) is 1.94. The zero-order chi connectivity index (χ0) is 12.5. The van der Waals surface area contributed by atoms with Crippen LogP contribution in [0.4, 0.5) is 4.39 Å². The second-order valence-corrected chi connectivity index (χ2v) is 4.03. The maximum atomic E-state index is 14.1. The van der Waals surface area contributed by atoms with E-state index < -0.39 is 17.7 Å². The summed E-state index contributed by atoms with van der Waals surface area (Å²) in [6, 6.07) is 8.78. The molecule has 0 spiro atoms. The van der Waals surface area contributed by atoms with E-state index in [1.54, 1.807) is 30.3 Å². The highest BCUT2D eigenvalue weighted by molar-refractivity contribution is 5.89. The van der Waals surface area contributed by atoms with E-state index in [0.29, 0.717) is 5.56 Å². The molecule has 17 heavy (non-hydrogen) atoms. The molecule has 1 unspecified atom stereocenters. The maximum absolute atomic E-state index is 14.1. The van der Waals surface area contributed by atoms with Crippen molar-refractivity contribution in [2.75, 3.05) is 0 Å². The molecule has 1 aromatic rings. The van der Waals surface area contributed by atoms with Gasteiger partial charge >= 0.3 is 5.97 Å². The van der Waals surface area contributed by atoms with Gasteiger partial charge in [-0.25, -0.2) is 9.18 Å². The third-order valence-corrected chi connectivity index (χ3v) is 2.91. The second-order valence-electron chi connectivity index (χ2n) is 4.03. The van der Waals surface area contributed by atoms with Crippen molar-refractivity contribution in [3.05, 3.63) is 35.9 Å². The number of alkyl halides is 1. The number of aliphatic carboxylic acids is 1. The van der Waals surface area contributed by atoms with E-state index in [4.69, 9.17) is 5.11 Å². The quantitative estimate of drug-likeness (QED) is 0.811. The van der Waals surface area contributed by atoms with Crippen LogP contribution in [0.15, 0.2) is 30.3 Å². The number of amides is 1. The number of rotatable bonds is 3. The third kappa shape index (κ3) is 2.00. The molecule has 1 atom stereocenters. The molecule has 2 rings (SSSR count). The molecule has 1 N–H and O–H groups in total. The number of hydrogen-bond donors (Lipinski definition) is 1. The largest absolute Gasteiger partial charge is 0.477 e. The van der Waals surface area contributed by atoms with E-state index in [9.17, 15) is 14.0 Å². The molecule has 0 bridgehead atoms. The molecule has 1 aliphatic rings. The Labute approximate surface area is 97.7 Å². The number of hydrogen-bond acceptors (Lipinski definition) is 2. The average Bonchev–Trinajstić information content (AvgIpc) is 2.60. The number of carbonyl (C=O) groups is 2. The first-order valence-corrected chi connectivity index (χ1v) is 5.31. The van der Waals surface area contributed by atoms with Gasteiger partial charge in [0.15, 0.2) is 0 Å². The van der Waals surface area contributed by atoms with Gasteiger partial charge in [0.2, 0.25) is 5.91 Å². The van der Waals surface area contributed by atoms with Gasteiger partial charge < -0.3 is 5.11 Å². The number of benzene rings is 1. The summed E-state index contributed by atoms with van der Waals surface area (Å²) in [5.74, 6) is -4.62. The Balaban J connectivity index is 2.24. The summed E-state index contributed by atoms with van der Waals surface area (Å²) in [6.45, 7) is -0.0114. The number of likely N-dealkylation sites (tertiary alicyclic amines) is 1. The number of carbonyl (C=O) groups excluding carboxylic acids is 1. The molecule has 0 aromatic heterocycles. The van der Waals surface area contributed by atoms with E-state index in [1.165, 1.54) is 0 Å². The van der Waals surface area contributed by atoms with Crippen LogP contribution in [0, 0.1) is 0 Å². The summed E-state index contributed by atoms with van der Waals surface area (Å²) < 4.78 is 14.1. The predicted octanol–water partition coefficient (Wildman–Crippen LogP) is 1.56. The van der Waals surface area contributed by atoms with E-state index in [-0.39, 0.29) is 19.4 Å². The molecule has 1 amide bonds. The first-order valence-electron chi connectivity index (χ1n) is 5.31. The van der Waals surface area contributed by atoms with Crippen molar-refractivity contribution in [1.82, 2.24) is 4.90 Å².